The maximum atomic E-state index is 12.2. The SMILES string of the molecule is CCCNC(=O)CN(C)C(=O)C(C#N)c1ccccc1. The van der Waals surface area contributed by atoms with Gasteiger partial charge in [0.1, 0.15) is 5.92 Å². The summed E-state index contributed by atoms with van der Waals surface area (Å²) >= 11 is 0. The van der Waals surface area contributed by atoms with Gasteiger partial charge in [-0.3, -0.25) is 9.59 Å². The van der Waals surface area contributed by atoms with Gasteiger partial charge in [0.2, 0.25) is 11.8 Å². The Hall–Kier alpha value is -2.35. The third-order valence-corrected chi connectivity index (χ3v) is 2.84. The fourth-order valence-corrected chi connectivity index (χ4v) is 1.75. The van der Waals surface area contributed by atoms with Crippen molar-refractivity contribution in [1.29, 1.82) is 5.26 Å². The van der Waals surface area contributed by atoms with Crippen LogP contribution in [0.5, 0.6) is 0 Å². The number of hydrogen-bond donors (Lipinski definition) is 1. The Morgan fingerprint density at radius 3 is 2.55 bits per heavy atom. The lowest BCUT2D eigenvalue weighted by molar-refractivity contribution is -0.134. The molecule has 1 rings (SSSR count). The third kappa shape index (κ3) is 4.39. The first-order valence-electron chi connectivity index (χ1n) is 6.56. The summed E-state index contributed by atoms with van der Waals surface area (Å²) < 4.78 is 0. The molecule has 20 heavy (non-hydrogen) atoms. The molecule has 2 amide bonds. The van der Waals surface area contributed by atoms with E-state index in [1.807, 2.05) is 19.1 Å². The molecule has 0 aromatic heterocycles. The molecule has 0 saturated heterocycles. The van der Waals surface area contributed by atoms with E-state index < -0.39 is 5.92 Å². The molecule has 1 unspecified atom stereocenters. The predicted octanol–water partition coefficient (Wildman–Crippen LogP) is 1.28. The molecule has 0 aliphatic rings. The van der Waals surface area contributed by atoms with Gasteiger partial charge in [-0.1, -0.05) is 37.3 Å². The first-order chi connectivity index (χ1) is 9.60. The Kier molecular flexibility index (Phi) is 6.24. The molecule has 0 bridgehead atoms. The van der Waals surface area contributed by atoms with E-state index in [4.69, 9.17) is 0 Å². The summed E-state index contributed by atoms with van der Waals surface area (Å²) in [6.07, 6.45) is 0.842. The lowest BCUT2D eigenvalue weighted by Gasteiger charge is -2.19. The standard InChI is InChI=1S/C15H19N3O2/c1-3-9-17-14(19)11-18(2)15(20)13(10-16)12-7-5-4-6-8-12/h4-8,13H,3,9,11H2,1-2H3,(H,17,19). The number of rotatable bonds is 6. The van der Waals surface area contributed by atoms with Gasteiger partial charge >= 0.3 is 0 Å². The smallest absolute Gasteiger partial charge is 0.244 e. The summed E-state index contributed by atoms with van der Waals surface area (Å²) in [7, 11) is 1.53. The summed E-state index contributed by atoms with van der Waals surface area (Å²) in [5, 5.41) is 11.9. The molecule has 0 fully saturated rings. The highest BCUT2D eigenvalue weighted by Gasteiger charge is 2.24. The summed E-state index contributed by atoms with van der Waals surface area (Å²) in [6, 6.07) is 10.8. The van der Waals surface area contributed by atoms with Gasteiger partial charge in [0.15, 0.2) is 0 Å². The average Bonchev–Trinajstić information content (AvgIpc) is 2.46. The second-order valence-electron chi connectivity index (χ2n) is 4.52. The molecule has 0 heterocycles. The molecule has 1 aromatic carbocycles. The molecule has 0 aliphatic heterocycles. The normalized spacial score (nSPS) is 11.2. The van der Waals surface area contributed by atoms with Crippen LogP contribution in [-0.2, 0) is 9.59 Å². The Labute approximate surface area is 119 Å². The Bertz CT molecular complexity index is 494. The number of benzene rings is 1. The maximum Gasteiger partial charge on any atom is 0.244 e. The van der Waals surface area contributed by atoms with Gasteiger partial charge in [-0.05, 0) is 12.0 Å². The Balaban J connectivity index is 2.68. The number of nitrogens with zero attached hydrogens (tertiary/aromatic N) is 2. The van der Waals surface area contributed by atoms with Crippen LogP contribution in [0.4, 0.5) is 0 Å². The number of nitrogens with one attached hydrogen (secondary N) is 1. The molecule has 1 N–H and O–H groups in total. The van der Waals surface area contributed by atoms with Gasteiger partial charge in [0.25, 0.3) is 0 Å². The summed E-state index contributed by atoms with van der Waals surface area (Å²) in [5.41, 5.74) is 0.640. The van der Waals surface area contributed by atoms with E-state index in [1.165, 1.54) is 11.9 Å². The number of nitriles is 1. The van der Waals surface area contributed by atoms with Crippen molar-refractivity contribution in [1.82, 2.24) is 10.2 Å². The number of amides is 2. The molecular formula is C15H19N3O2. The molecule has 0 spiro atoms. The molecule has 106 valence electrons. The number of carbonyl (C=O) groups excluding carboxylic acids is 2. The second-order valence-corrected chi connectivity index (χ2v) is 4.52. The van der Waals surface area contributed by atoms with Gasteiger partial charge in [-0.15, -0.1) is 0 Å². The van der Waals surface area contributed by atoms with Crippen LogP contribution >= 0.6 is 0 Å². The molecule has 0 radical (unpaired) electrons. The molecule has 5 heteroatoms. The van der Waals surface area contributed by atoms with Crippen LogP contribution in [0.15, 0.2) is 30.3 Å². The Morgan fingerprint density at radius 2 is 2.00 bits per heavy atom. The fraction of sp³-hybridized carbons (Fsp3) is 0.400. The molecule has 1 atom stereocenters. The highest BCUT2D eigenvalue weighted by Crippen LogP contribution is 2.16. The van der Waals surface area contributed by atoms with Crippen LogP contribution in [0.1, 0.15) is 24.8 Å². The number of carbonyl (C=O) groups is 2. The minimum Gasteiger partial charge on any atom is -0.355 e. The van der Waals surface area contributed by atoms with Gasteiger partial charge in [-0.25, -0.2) is 0 Å². The molecular weight excluding hydrogens is 254 g/mol. The van der Waals surface area contributed by atoms with Crippen molar-refractivity contribution >= 4 is 11.8 Å². The van der Waals surface area contributed by atoms with Gasteiger partial charge in [-0.2, -0.15) is 5.26 Å². The highest BCUT2D eigenvalue weighted by molar-refractivity contribution is 5.90. The third-order valence-electron chi connectivity index (χ3n) is 2.84. The van der Waals surface area contributed by atoms with E-state index in [-0.39, 0.29) is 18.4 Å². The average molecular weight is 273 g/mol. The van der Waals surface area contributed by atoms with E-state index in [0.29, 0.717) is 12.1 Å². The van der Waals surface area contributed by atoms with Crippen molar-refractivity contribution < 1.29 is 9.59 Å². The van der Waals surface area contributed by atoms with Crippen molar-refractivity contribution in [3.8, 4) is 6.07 Å². The second kappa shape index (κ2) is 7.95. The highest BCUT2D eigenvalue weighted by atomic mass is 16.2. The van der Waals surface area contributed by atoms with Crippen LogP contribution in [-0.4, -0.2) is 36.9 Å². The van der Waals surface area contributed by atoms with Gasteiger partial charge < -0.3 is 10.2 Å². The van der Waals surface area contributed by atoms with Crippen LogP contribution in [0.2, 0.25) is 0 Å². The molecule has 5 nitrogen and oxygen atoms in total. The minimum absolute atomic E-state index is 0.0379. The van der Waals surface area contributed by atoms with Crippen molar-refractivity contribution in [2.24, 2.45) is 0 Å². The first kappa shape index (κ1) is 15.7. The van der Waals surface area contributed by atoms with Crippen molar-refractivity contribution in [3.05, 3.63) is 35.9 Å². The fourth-order valence-electron chi connectivity index (χ4n) is 1.75. The Morgan fingerprint density at radius 1 is 1.35 bits per heavy atom. The zero-order valence-corrected chi connectivity index (χ0v) is 11.8. The molecule has 0 aliphatic carbocycles. The largest absolute Gasteiger partial charge is 0.355 e. The summed E-state index contributed by atoms with van der Waals surface area (Å²) in [6.45, 7) is 2.50. The summed E-state index contributed by atoms with van der Waals surface area (Å²) in [4.78, 5) is 25.1. The number of hydrogen-bond acceptors (Lipinski definition) is 3. The zero-order valence-electron chi connectivity index (χ0n) is 11.8. The van der Waals surface area contributed by atoms with Crippen molar-refractivity contribution in [2.45, 2.75) is 19.3 Å². The predicted molar refractivity (Wildman–Crippen MR) is 75.7 cm³/mol. The zero-order chi connectivity index (χ0) is 15.0. The van der Waals surface area contributed by atoms with Crippen molar-refractivity contribution in [3.63, 3.8) is 0 Å². The van der Waals surface area contributed by atoms with Crippen molar-refractivity contribution in [2.75, 3.05) is 20.1 Å². The maximum absolute atomic E-state index is 12.2. The van der Waals surface area contributed by atoms with Crippen LogP contribution in [0, 0.1) is 11.3 Å². The quantitative estimate of drug-likeness (QED) is 0.848. The summed E-state index contributed by atoms with van der Waals surface area (Å²) in [5.74, 6) is -1.46. The van der Waals surface area contributed by atoms with E-state index >= 15 is 0 Å². The van der Waals surface area contributed by atoms with Crippen LogP contribution in [0.25, 0.3) is 0 Å². The van der Waals surface area contributed by atoms with Crippen LogP contribution in [0.3, 0.4) is 0 Å². The van der Waals surface area contributed by atoms with E-state index in [1.54, 1.807) is 24.3 Å². The lowest BCUT2D eigenvalue weighted by atomic mass is 9.99. The van der Waals surface area contributed by atoms with E-state index in [0.717, 1.165) is 6.42 Å². The topological polar surface area (TPSA) is 73.2 Å². The monoisotopic (exact) mass is 273 g/mol. The first-order valence-corrected chi connectivity index (χ1v) is 6.56. The van der Waals surface area contributed by atoms with E-state index in [2.05, 4.69) is 5.32 Å². The lowest BCUT2D eigenvalue weighted by Crippen LogP contribution is -2.40. The van der Waals surface area contributed by atoms with E-state index in [9.17, 15) is 14.9 Å². The van der Waals surface area contributed by atoms with Gasteiger partial charge in [0.05, 0.1) is 12.6 Å². The number of likely N-dealkylation sites (N-methyl/N-ethyl adjacent to an activating group) is 1. The minimum atomic E-state index is -0.875. The van der Waals surface area contributed by atoms with Gasteiger partial charge in [0, 0.05) is 13.6 Å². The molecule has 1 aromatic rings. The molecule has 0 saturated carbocycles. The van der Waals surface area contributed by atoms with Crippen LogP contribution < -0.4 is 5.32 Å².